The molecular formula is C14H18ClN. The summed E-state index contributed by atoms with van der Waals surface area (Å²) in [5.41, 5.74) is 7.12. The molecule has 1 aromatic rings. The highest BCUT2D eigenvalue weighted by Crippen LogP contribution is 2.27. The van der Waals surface area contributed by atoms with Crippen LogP contribution >= 0.6 is 11.6 Å². The van der Waals surface area contributed by atoms with E-state index in [4.69, 9.17) is 11.6 Å². The Kier molecular flexibility index (Phi) is 3.89. The Morgan fingerprint density at radius 3 is 3.00 bits per heavy atom. The summed E-state index contributed by atoms with van der Waals surface area (Å²) in [7, 11) is 0. The molecule has 1 aromatic carbocycles. The summed E-state index contributed by atoms with van der Waals surface area (Å²) in [6.07, 6.45) is 5.09. The maximum atomic E-state index is 5.66. The van der Waals surface area contributed by atoms with Crippen LogP contribution in [0.4, 0.5) is 5.69 Å². The number of fused-ring (bicyclic) bond motifs is 1. The molecule has 0 amide bonds. The maximum absolute atomic E-state index is 5.66. The monoisotopic (exact) mass is 235 g/mol. The Hall–Kier alpha value is -0.950. The van der Waals surface area contributed by atoms with Crippen molar-refractivity contribution in [1.29, 1.82) is 0 Å². The van der Waals surface area contributed by atoms with Crippen LogP contribution in [-0.4, -0.2) is 6.54 Å². The van der Waals surface area contributed by atoms with Gasteiger partial charge in [0, 0.05) is 17.8 Å². The molecule has 0 fully saturated rings. The van der Waals surface area contributed by atoms with Gasteiger partial charge in [-0.1, -0.05) is 23.7 Å². The van der Waals surface area contributed by atoms with Crippen molar-refractivity contribution in [2.24, 2.45) is 0 Å². The lowest BCUT2D eigenvalue weighted by molar-refractivity contribution is 0.686. The van der Waals surface area contributed by atoms with Gasteiger partial charge in [-0.3, -0.25) is 0 Å². The quantitative estimate of drug-likeness (QED) is 0.831. The van der Waals surface area contributed by atoms with Crippen molar-refractivity contribution >= 4 is 17.3 Å². The van der Waals surface area contributed by atoms with E-state index in [0.29, 0.717) is 0 Å². The Bertz CT molecular complexity index is 396. The molecule has 0 bridgehead atoms. The SMILES string of the molecule is C/C(=C/Cl)CNc1cccc2c1CCCC2. The second-order valence-corrected chi connectivity index (χ2v) is 4.68. The summed E-state index contributed by atoms with van der Waals surface area (Å²) in [5, 5.41) is 3.47. The molecule has 0 saturated heterocycles. The highest BCUT2D eigenvalue weighted by atomic mass is 35.5. The van der Waals surface area contributed by atoms with Gasteiger partial charge >= 0.3 is 0 Å². The van der Waals surface area contributed by atoms with Gasteiger partial charge in [0.05, 0.1) is 0 Å². The van der Waals surface area contributed by atoms with E-state index in [0.717, 1.165) is 12.1 Å². The van der Waals surface area contributed by atoms with Gasteiger partial charge in [-0.2, -0.15) is 0 Å². The van der Waals surface area contributed by atoms with Gasteiger partial charge in [0.15, 0.2) is 0 Å². The van der Waals surface area contributed by atoms with Crippen molar-refractivity contribution in [2.75, 3.05) is 11.9 Å². The molecule has 86 valence electrons. The number of anilines is 1. The average Bonchev–Trinajstić information content (AvgIpc) is 2.35. The second kappa shape index (κ2) is 5.40. The first-order chi connectivity index (χ1) is 7.81. The standard InChI is InChI=1S/C14H18ClN/c1-11(9-15)10-16-14-8-4-6-12-5-2-3-7-13(12)14/h4,6,8-9,16H,2-3,5,7,10H2,1H3/b11-9-. The van der Waals surface area contributed by atoms with E-state index in [9.17, 15) is 0 Å². The molecule has 0 aliphatic heterocycles. The van der Waals surface area contributed by atoms with E-state index in [2.05, 4.69) is 23.5 Å². The predicted octanol–water partition coefficient (Wildman–Crippen LogP) is 4.12. The summed E-state index contributed by atoms with van der Waals surface area (Å²) in [5.74, 6) is 0. The summed E-state index contributed by atoms with van der Waals surface area (Å²) in [4.78, 5) is 0. The third-order valence-corrected chi connectivity index (χ3v) is 3.51. The molecule has 0 spiro atoms. The van der Waals surface area contributed by atoms with Crippen LogP contribution in [0.3, 0.4) is 0 Å². The number of nitrogens with one attached hydrogen (secondary N) is 1. The first-order valence-corrected chi connectivity index (χ1v) is 6.35. The number of hydrogen-bond donors (Lipinski definition) is 1. The summed E-state index contributed by atoms with van der Waals surface area (Å²) >= 11 is 5.66. The van der Waals surface area contributed by atoms with Gasteiger partial charge in [0.1, 0.15) is 0 Å². The van der Waals surface area contributed by atoms with Gasteiger partial charge in [-0.15, -0.1) is 0 Å². The van der Waals surface area contributed by atoms with Crippen LogP contribution in [0.15, 0.2) is 29.3 Å². The first kappa shape index (κ1) is 11.5. The van der Waals surface area contributed by atoms with E-state index in [1.807, 2.05) is 6.92 Å². The van der Waals surface area contributed by atoms with Crippen molar-refractivity contribution in [3.63, 3.8) is 0 Å². The molecule has 0 heterocycles. The molecule has 2 rings (SSSR count). The molecule has 1 N–H and O–H groups in total. The highest BCUT2D eigenvalue weighted by molar-refractivity contribution is 6.25. The summed E-state index contributed by atoms with van der Waals surface area (Å²) in [6, 6.07) is 6.57. The topological polar surface area (TPSA) is 12.0 Å². The normalized spacial score (nSPS) is 15.8. The summed E-state index contributed by atoms with van der Waals surface area (Å²) in [6.45, 7) is 2.87. The number of rotatable bonds is 3. The minimum atomic E-state index is 0.833. The lowest BCUT2D eigenvalue weighted by atomic mass is 9.90. The van der Waals surface area contributed by atoms with Crippen LogP contribution in [0.1, 0.15) is 30.9 Å². The first-order valence-electron chi connectivity index (χ1n) is 5.92. The zero-order valence-electron chi connectivity index (χ0n) is 9.72. The van der Waals surface area contributed by atoms with Gasteiger partial charge < -0.3 is 5.32 Å². The maximum Gasteiger partial charge on any atom is 0.0378 e. The smallest absolute Gasteiger partial charge is 0.0378 e. The number of benzene rings is 1. The Labute approximate surface area is 103 Å². The summed E-state index contributed by atoms with van der Waals surface area (Å²) < 4.78 is 0. The van der Waals surface area contributed by atoms with Crippen LogP contribution < -0.4 is 5.32 Å². The van der Waals surface area contributed by atoms with E-state index >= 15 is 0 Å². The van der Waals surface area contributed by atoms with Crippen molar-refractivity contribution in [2.45, 2.75) is 32.6 Å². The Morgan fingerprint density at radius 2 is 2.19 bits per heavy atom. The van der Waals surface area contributed by atoms with E-state index < -0.39 is 0 Å². The van der Waals surface area contributed by atoms with Crippen molar-refractivity contribution in [1.82, 2.24) is 0 Å². The molecule has 0 atom stereocenters. The molecule has 0 radical (unpaired) electrons. The third kappa shape index (κ3) is 2.59. The Morgan fingerprint density at radius 1 is 1.38 bits per heavy atom. The fourth-order valence-corrected chi connectivity index (χ4v) is 2.30. The predicted molar refractivity (Wildman–Crippen MR) is 71.2 cm³/mol. The molecule has 1 aliphatic carbocycles. The van der Waals surface area contributed by atoms with Crippen molar-refractivity contribution in [3.8, 4) is 0 Å². The Balaban J connectivity index is 2.14. The highest BCUT2D eigenvalue weighted by Gasteiger charge is 2.12. The second-order valence-electron chi connectivity index (χ2n) is 4.46. The van der Waals surface area contributed by atoms with Crippen LogP contribution in [0.2, 0.25) is 0 Å². The minimum absolute atomic E-state index is 0.833. The lowest BCUT2D eigenvalue weighted by Crippen LogP contribution is -2.09. The van der Waals surface area contributed by atoms with E-state index in [1.165, 1.54) is 42.5 Å². The zero-order chi connectivity index (χ0) is 11.4. The molecule has 16 heavy (non-hydrogen) atoms. The zero-order valence-corrected chi connectivity index (χ0v) is 10.5. The number of aryl methyl sites for hydroxylation is 1. The van der Waals surface area contributed by atoms with Crippen molar-refractivity contribution in [3.05, 3.63) is 40.4 Å². The third-order valence-electron chi connectivity index (χ3n) is 3.14. The van der Waals surface area contributed by atoms with Gasteiger partial charge in [-0.05, 0) is 55.4 Å². The minimum Gasteiger partial charge on any atom is -0.381 e. The van der Waals surface area contributed by atoms with Crippen LogP contribution in [0.5, 0.6) is 0 Å². The van der Waals surface area contributed by atoms with Crippen LogP contribution in [-0.2, 0) is 12.8 Å². The molecule has 0 aromatic heterocycles. The van der Waals surface area contributed by atoms with Gasteiger partial charge in [-0.25, -0.2) is 0 Å². The van der Waals surface area contributed by atoms with E-state index in [1.54, 1.807) is 5.54 Å². The fourth-order valence-electron chi connectivity index (χ4n) is 2.22. The van der Waals surface area contributed by atoms with Crippen LogP contribution in [0.25, 0.3) is 0 Å². The fraction of sp³-hybridized carbons (Fsp3) is 0.429. The molecule has 0 unspecified atom stereocenters. The average molecular weight is 236 g/mol. The molecular weight excluding hydrogens is 218 g/mol. The number of hydrogen-bond acceptors (Lipinski definition) is 1. The van der Waals surface area contributed by atoms with Crippen molar-refractivity contribution < 1.29 is 0 Å². The molecule has 0 saturated carbocycles. The largest absolute Gasteiger partial charge is 0.381 e. The van der Waals surface area contributed by atoms with Crippen LogP contribution in [0, 0.1) is 0 Å². The van der Waals surface area contributed by atoms with Gasteiger partial charge in [0.2, 0.25) is 0 Å². The van der Waals surface area contributed by atoms with Gasteiger partial charge in [0.25, 0.3) is 0 Å². The van der Waals surface area contributed by atoms with E-state index in [-0.39, 0.29) is 0 Å². The number of halogens is 1. The lowest BCUT2D eigenvalue weighted by Gasteiger charge is -2.20. The molecule has 2 heteroatoms. The molecule has 1 aliphatic rings. The molecule has 1 nitrogen and oxygen atoms in total.